The fraction of sp³-hybridized carbons (Fsp3) is 0.0667. The Morgan fingerprint density at radius 2 is 2.05 bits per heavy atom. The van der Waals surface area contributed by atoms with Gasteiger partial charge in [-0.3, -0.25) is 0 Å². The highest BCUT2D eigenvalue weighted by atomic mass is 35.5. The van der Waals surface area contributed by atoms with Crippen LogP contribution >= 0.6 is 22.9 Å². The number of thiophene rings is 1. The number of halogens is 1. The van der Waals surface area contributed by atoms with Crippen molar-refractivity contribution < 1.29 is 5.11 Å². The van der Waals surface area contributed by atoms with Crippen LogP contribution in [0.2, 0.25) is 5.02 Å². The molecule has 19 heavy (non-hydrogen) atoms. The van der Waals surface area contributed by atoms with Crippen molar-refractivity contribution in [3.8, 4) is 5.75 Å². The molecule has 0 aliphatic heterocycles. The highest BCUT2D eigenvalue weighted by Gasteiger charge is 2.06. The zero-order chi connectivity index (χ0) is 13.2. The highest BCUT2D eigenvalue weighted by Crippen LogP contribution is 2.28. The minimum Gasteiger partial charge on any atom is -0.508 e. The van der Waals surface area contributed by atoms with E-state index >= 15 is 0 Å². The molecule has 2 nitrogen and oxygen atoms in total. The van der Waals surface area contributed by atoms with E-state index in [0.717, 1.165) is 11.3 Å². The summed E-state index contributed by atoms with van der Waals surface area (Å²) in [6.45, 7) is 0.501. The standard InChI is InChI=1S/C15H12ClNOS/c16-13-2-1-3-14(18)12(13)9-17-11-4-5-15-10(8-11)6-7-19-15/h1-8,17-18H,9H2. The molecule has 0 amide bonds. The van der Waals surface area contributed by atoms with Gasteiger partial charge >= 0.3 is 0 Å². The van der Waals surface area contributed by atoms with Gasteiger partial charge in [0.1, 0.15) is 5.75 Å². The minimum absolute atomic E-state index is 0.219. The van der Waals surface area contributed by atoms with Gasteiger partial charge in [0.15, 0.2) is 0 Å². The topological polar surface area (TPSA) is 32.3 Å². The van der Waals surface area contributed by atoms with Crippen molar-refractivity contribution in [1.29, 1.82) is 0 Å². The Labute approximate surface area is 120 Å². The predicted octanol–water partition coefficient (Wildman–Crippen LogP) is 4.87. The first kappa shape index (κ1) is 12.3. The SMILES string of the molecule is Oc1cccc(Cl)c1CNc1ccc2sccc2c1. The van der Waals surface area contributed by atoms with Crippen LogP contribution in [0, 0.1) is 0 Å². The first-order valence-corrected chi connectivity index (χ1v) is 7.17. The van der Waals surface area contributed by atoms with Gasteiger partial charge in [0, 0.05) is 27.5 Å². The molecule has 0 bridgehead atoms. The lowest BCUT2D eigenvalue weighted by Crippen LogP contribution is -2.00. The van der Waals surface area contributed by atoms with E-state index in [1.54, 1.807) is 29.5 Å². The fourth-order valence-electron chi connectivity index (χ4n) is 1.99. The lowest BCUT2D eigenvalue weighted by atomic mass is 10.2. The van der Waals surface area contributed by atoms with Crippen LogP contribution in [0.15, 0.2) is 47.8 Å². The van der Waals surface area contributed by atoms with Crippen LogP contribution in [0.4, 0.5) is 5.69 Å². The highest BCUT2D eigenvalue weighted by molar-refractivity contribution is 7.17. The number of fused-ring (bicyclic) bond motifs is 1. The summed E-state index contributed by atoms with van der Waals surface area (Å²) in [7, 11) is 0. The van der Waals surface area contributed by atoms with E-state index in [2.05, 4.69) is 28.9 Å². The van der Waals surface area contributed by atoms with Crippen molar-refractivity contribution in [2.75, 3.05) is 5.32 Å². The number of benzene rings is 2. The van der Waals surface area contributed by atoms with Gasteiger partial charge in [-0.25, -0.2) is 0 Å². The summed E-state index contributed by atoms with van der Waals surface area (Å²) >= 11 is 7.80. The Bertz CT molecular complexity index is 703. The molecule has 2 N–H and O–H groups in total. The normalized spacial score (nSPS) is 10.8. The average Bonchev–Trinajstić information content (AvgIpc) is 2.85. The van der Waals surface area contributed by atoms with E-state index in [-0.39, 0.29) is 5.75 Å². The second-order valence-corrected chi connectivity index (χ2v) is 5.62. The lowest BCUT2D eigenvalue weighted by Gasteiger charge is -2.10. The monoisotopic (exact) mass is 289 g/mol. The number of phenols is 1. The van der Waals surface area contributed by atoms with Gasteiger partial charge < -0.3 is 10.4 Å². The van der Waals surface area contributed by atoms with Crippen LogP contribution in [0.3, 0.4) is 0 Å². The molecule has 96 valence electrons. The van der Waals surface area contributed by atoms with Crippen molar-refractivity contribution in [3.63, 3.8) is 0 Å². The summed E-state index contributed by atoms with van der Waals surface area (Å²) in [4.78, 5) is 0. The van der Waals surface area contributed by atoms with Crippen molar-refractivity contribution in [2.24, 2.45) is 0 Å². The third-order valence-corrected chi connectivity index (χ3v) is 4.27. The Balaban J connectivity index is 1.82. The molecule has 1 aromatic heterocycles. The largest absolute Gasteiger partial charge is 0.508 e. The molecule has 2 aromatic carbocycles. The number of aromatic hydroxyl groups is 1. The fourth-order valence-corrected chi connectivity index (χ4v) is 3.00. The third-order valence-electron chi connectivity index (χ3n) is 3.02. The maximum Gasteiger partial charge on any atom is 0.122 e. The molecule has 0 fully saturated rings. The number of hydrogen-bond donors (Lipinski definition) is 2. The Morgan fingerprint density at radius 1 is 1.16 bits per heavy atom. The van der Waals surface area contributed by atoms with E-state index in [1.807, 2.05) is 6.07 Å². The maximum absolute atomic E-state index is 9.79. The van der Waals surface area contributed by atoms with Gasteiger partial charge in [0.25, 0.3) is 0 Å². The van der Waals surface area contributed by atoms with Gasteiger partial charge in [0.05, 0.1) is 0 Å². The van der Waals surface area contributed by atoms with Crippen molar-refractivity contribution in [3.05, 3.63) is 58.4 Å². The molecule has 1 heterocycles. The third kappa shape index (κ3) is 2.53. The number of nitrogens with one attached hydrogen (secondary N) is 1. The van der Waals surface area contributed by atoms with E-state index in [1.165, 1.54) is 10.1 Å². The summed E-state index contributed by atoms with van der Waals surface area (Å²) in [5.74, 6) is 0.219. The predicted molar refractivity (Wildman–Crippen MR) is 82.3 cm³/mol. The maximum atomic E-state index is 9.79. The zero-order valence-electron chi connectivity index (χ0n) is 10.1. The summed E-state index contributed by atoms with van der Waals surface area (Å²) in [5, 5.41) is 16.9. The average molecular weight is 290 g/mol. The summed E-state index contributed by atoms with van der Waals surface area (Å²) in [6, 6.07) is 13.5. The van der Waals surface area contributed by atoms with Gasteiger partial charge in [0.2, 0.25) is 0 Å². The van der Waals surface area contributed by atoms with Crippen molar-refractivity contribution in [2.45, 2.75) is 6.54 Å². The Hall–Kier alpha value is -1.71. The molecular weight excluding hydrogens is 278 g/mol. The molecule has 0 spiro atoms. The number of hydrogen-bond acceptors (Lipinski definition) is 3. The molecule has 0 radical (unpaired) electrons. The lowest BCUT2D eigenvalue weighted by molar-refractivity contribution is 0.469. The molecule has 0 aliphatic carbocycles. The molecule has 4 heteroatoms. The van der Waals surface area contributed by atoms with Crippen LogP contribution in [-0.2, 0) is 6.54 Å². The van der Waals surface area contributed by atoms with Gasteiger partial charge in [-0.2, -0.15) is 0 Å². The van der Waals surface area contributed by atoms with Crippen LogP contribution in [0.5, 0.6) is 5.75 Å². The van der Waals surface area contributed by atoms with Gasteiger partial charge in [-0.05, 0) is 47.2 Å². The number of anilines is 1. The second-order valence-electron chi connectivity index (χ2n) is 4.26. The number of phenolic OH excluding ortho intramolecular Hbond substituents is 1. The molecule has 0 saturated heterocycles. The van der Waals surface area contributed by atoms with Gasteiger partial charge in [-0.15, -0.1) is 11.3 Å². The quantitative estimate of drug-likeness (QED) is 0.721. The summed E-state index contributed by atoms with van der Waals surface area (Å²) in [5.41, 5.74) is 1.74. The van der Waals surface area contributed by atoms with Crippen LogP contribution in [-0.4, -0.2) is 5.11 Å². The minimum atomic E-state index is 0.219. The molecule has 0 atom stereocenters. The van der Waals surface area contributed by atoms with E-state index in [0.29, 0.717) is 11.6 Å². The first-order valence-electron chi connectivity index (χ1n) is 5.91. The Morgan fingerprint density at radius 3 is 2.89 bits per heavy atom. The molecular formula is C15H12ClNOS. The smallest absolute Gasteiger partial charge is 0.122 e. The van der Waals surface area contributed by atoms with Crippen molar-refractivity contribution in [1.82, 2.24) is 0 Å². The van der Waals surface area contributed by atoms with E-state index < -0.39 is 0 Å². The van der Waals surface area contributed by atoms with E-state index in [4.69, 9.17) is 11.6 Å². The first-order chi connectivity index (χ1) is 9.24. The summed E-state index contributed by atoms with van der Waals surface area (Å²) in [6.07, 6.45) is 0. The van der Waals surface area contributed by atoms with E-state index in [9.17, 15) is 5.11 Å². The molecule has 3 aromatic rings. The van der Waals surface area contributed by atoms with Crippen LogP contribution < -0.4 is 5.32 Å². The summed E-state index contributed by atoms with van der Waals surface area (Å²) < 4.78 is 1.27. The Kier molecular flexibility index (Phi) is 3.32. The molecule has 0 aliphatic rings. The second kappa shape index (κ2) is 5.11. The van der Waals surface area contributed by atoms with Gasteiger partial charge in [-0.1, -0.05) is 17.7 Å². The molecule has 0 unspecified atom stereocenters. The van der Waals surface area contributed by atoms with Crippen LogP contribution in [0.1, 0.15) is 5.56 Å². The number of rotatable bonds is 3. The molecule has 0 saturated carbocycles. The van der Waals surface area contributed by atoms with Crippen molar-refractivity contribution >= 4 is 38.7 Å². The zero-order valence-corrected chi connectivity index (χ0v) is 11.6. The molecule has 3 rings (SSSR count). The van der Waals surface area contributed by atoms with Crippen LogP contribution in [0.25, 0.3) is 10.1 Å².